The molecule has 2 heterocycles. The zero-order valence-corrected chi connectivity index (χ0v) is 18.4. The first kappa shape index (κ1) is 17.3. The van der Waals surface area contributed by atoms with Crippen molar-refractivity contribution in [1.29, 1.82) is 0 Å². The van der Waals surface area contributed by atoms with E-state index in [1.54, 1.807) is 0 Å². The summed E-state index contributed by atoms with van der Waals surface area (Å²) < 4.78 is 13.4. The van der Waals surface area contributed by atoms with Gasteiger partial charge in [-0.2, -0.15) is 0 Å². The molecule has 2 saturated heterocycles. The number of carbonyl (C=O) groups excluding carboxylic acids is 1. The van der Waals surface area contributed by atoms with E-state index < -0.39 is 0 Å². The van der Waals surface area contributed by atoms with Gasteiger partial charge < -0.3 is 0 Å². The van der Waals surface area contributed by atoms with Crippen molar-refractivity contribution in [1.82, 2.24) is 7.06 Å². The van der Waals surface area contributed by atoms with E-state index in [0.29, 0.717) is 11.8 Å². The fourth-order valence-corrected chi connectivity index (χ4v) is 12.1. The van der Waals surface area contributed by atoms with Crippen LogP contribution in [0.5, 0.6) is 0 Å². The summed E-state index contributed by atoms with van der Waals surface area (Å²) in [6.07, 6.45) is 11.2. The number of halogens is 2. The van der Waals surface area contributed by atoms with Crippen molar-refractivity contribution in [2.24, 2.45) is 11.8 Å². The predicted octanol–water partition coefficient (Wildman–Crippen LogP) is -3.31. The Morgan fingerprint density at radius 2 is 1.65 bits per heavy atom. The summed E-state index contributed by atoms with van der Waals surface area (Å²) in [6.45, 7) is 4.51. The molecular weight excluding hydrogens is 518 g/mol. The van der Waals surface area contributed by atoms with Crippen LogP contribution in [0.15, 0.2) is 0 Å². The van der Waals surface area contributed by atoms with Gasteiger partial charge in [-0.25, -0.2) is 0 Å². The average Bonchev–Trinajstić information content (AvgIpc) is 3.45. The third-order valence-corrected chi connectivity index (χ3v) is 14.0. The SMILES string of the molecule is CC(C)C1(C2(C(=O)OC3(C4CCCCC4)CCCC3)N[I-]2)N[I-]1. The van der Waals surface area contributed by atoms with Gasteiger partial charge in [0.05, 0.1) is 0 Å². The Hall–Kier alpha value is 0.850. The van der Waals surface area contributed by atoms with E-state index in [2.05, 4.69) is 20.9 Å². The van der Waals surface area contributed by atoms with Crippen molar-refractivity contribution in [3.63, 3.8) is 0 Å². The van der Waals surface area contributed by atoms with Crippen molar-refractivity contribution >= 4 is 5.97 Å². The van der Waals surface area contributed by atoms with Gasteiger partial charge in [0.2, 0.25) is 0 Å². The summed E-state index contributed by atoms with van der Waals surface area (Å²) in [7, 11) is 0. The van der Waals surface area contributed by atoms with Crippen LogP contribution in [-0.2, 0) is 9.53 Å². The van der Waals surface area contributed by atoms with E-state index >= 15 is 0 Å². The minimum atomic E-state index is -0.294. The van der Waals surface area contributed by atoms with Gasteiger partial charge in [-0.1, -0.05) is 0 Å². The first-order valence-electron chi connectivity index (χ1n) is 9.12. The standard InChI is InChI=1S/C17H28I2N2O2/c1-12(2)16(18-20-16)17(19-21-17)14(22)23-15(10-6-7-11-15)13-8-4-3-5-9-13/h12-13,20-21H,3-11H2,1-2H3/q-2. The maximum atomic E-state index is 13.2. The Labute approximate surface area is 160 Å². The fraction of sp³-hybridized carbons (Fsp3) is 0.941. The number of esters is 1. The molecule has 4 nitrogen and oxygen atoms in total. The van der Waals surface area contributed by atoms with E-state index in [1.807, 2.05) is 0 Å². The summed E-state index contributed by atoms with van der Waals surface area (Å²) in [5, 5.41) is 0. The number of alkyl halides is 2. The average molecular weight is 546 g/mol. The molecule has 0 aromatic heterocycles. The molecule has 0 bridgehead atoms. The molecule has 0 radical (unpaired) electrons. The van der Waals surface area contributed by atoms with Crippen molar-refractivity contribution < 1.29 is 52.5 Å². The van der Waals surface area contributed by atoms with Crippen LogP contribution in [0.3, 0.4) is 0 Å². The van der Waals surface area contributed by atoms with Crippen molar-refractivity contribution in [2.75, 3.05) is 0 Å². The molecule has 0 amide bonds. The molecule has 6 heteroatoms. The van der Waals surface area contributed by atoms with Crippen LogP contribution in [0, 0.1) is 11.8 Å². The van der Waals surface area contributed by atoms with Gasteiger partial charge in [-0.3, -0.25) is 0 Å². The quantitative estimate of drug-likeness (QED) is 0.0948. The topological polar surface area (TPSA) is 70.2 Å². The summed E-state index contributed by atoms with van der Waals surface area (Å²) in [6, 6.07) is 0. The molecule has 2 aliphatic heterocycles. The van der Waals surface area contributed by atoms with E-state index in [1.165, 1.54) is 44.9 Å². The fourth-order valence-electron chi connectivity index (χ4n) is 4.66. The van der Waals surface area contributed by atoms with Crippen LogP contribution in [0.25, 0.3) is 0 Å². The maximum absolute atomic E-state index is 13.2. The van der Waals surface area contributed by atoms with Crippen LogP contribution in [-0.4, -0.2) is 18.7 Å². The van der Waals surface area contributed by atoms with E-state index in [0.717, 1.165) is 12.8 Å². The van der Waals surface area contributed by atoms with Gasteiger partial charge in [0.25, 0.3) is 0 Å². The number of carbonyl (C=O) groups is 1. The van der Waals surface area contributed by atoms with Gasteiger partial charge in [0.15, 0.2) is 0 Å². The molecule has 23 heavy (non-hydrogen) atoms. The molecule has 0 aromatic rings. The Morgan fingerprint density at radius 3 is 2.13 bits per heavy atom. The molecule has 2 unspecified atom stereocenters. The van der Waals surface area contributed by atoms with Crippen molar-refractivity contribution in [2.45, 2.75) is 84.3 Å². The second-order valence-electron chi connectivity index (χ2n) is 7.90. The second kappa shape index (κ2) is 6.23. The van der Waals surface area contributed by atoms with Gasteiger partial charge >= 0.3 is 162 Å². The number of nitrogens with one attached hydrogen (secondary N) is 2. The molecule has 2 aliphatic carbocycles. The third kappa shape index (κ3) is 2.77. The summed E-state index contributed by atoms with van der Waals surface area (Å²) in [5.41, 5.74) is -0.121. The zero-order valence-electron chi connectivity index (χ0n) is 14.1. The second-order valence-corrected chi connectivity index (χ2v) is 13.4. The van der Waals surface area contributed by atoms with Crippen LogP contribution in [0.2, 0.25) is 0 Å². The third-order valence-electron chi connectivity index (χ3n) is 6.25. The summed E-state index contributed by atoms with van der Waals surface area (Å²) in [5.74, 6) is 1.25. The molecule has 4 aliphatic rings. The first-order chi connectivity index (χ1) is 11.0. The Bertz CT molecular complexity index is 477. The van der Waals surface area contributed by atoms with Gasteiger partial charge in [-0.15, -0.1) is 0 Å². The Kier molecular flexibility index (Phi) is 4.68. The van der Waals surface area contributed by atoms with Crippen molar-refractivity contribution in [3.8, 4) is 0 Å². The molecular formula is C17H28I2N2O2-2. The van der Waals surface area contributed by atoms with E-state index in [4.69, 9.17) is 4.74 Å². The van der Waals surface area contributed by atoms with Crippen LogP contribution in [0.1, 0.15) is 71.6 Å². The minimum absolute atomic E-state index is 0.0512. The summed E-state index contributed by atoms with van der Waals surface area (Å²) in [4.78, 5) is 13.2. The number of hydrogen-bond donors (Lipinski definition) is 2. The summed E-state index contributed by atoms with van der Waals surface area (Å²) >= 11 is -0.288. The molecule has 4 fully saturated rings. The monoisotopic (exact) mass is 546 g/mol. The number of hydrogen-bond acceptors (Lipinski definition) is 4. The normalized spacial score (nSPS) is 40.1. The van der Waals surface area contributed by atoms with Gasteiger partial charge in [0, 0.05) is 0 Å². The van der Waals surface area contributed by atoms with Gasteiger partial charge in [-0.05, 0) is 0 Å². The number of ether oxygens (including phenoxy) is 1. The van der Waals surface area contributed by atoms with Gasteiger partial charge in [0.1, 0.15) is 0 Å². The first-order valence-corrected chi connectivity index (χ1v) is 13.4. The molecule has 2 saturated carbocycles. The molecule has 0 aromatic carbocycles. The molecule has 4 rings (SSSR count). The molecule has 2 atom stereocenters. The number of rotatable bonds is 5. The van der Waals surface area contributed by atoms with Crippen LogP contribution in [0.4, 0.5) is 0 Å². The zero-order chi connectivity index (χ0) is 16.1. The van der Waals surface area contributed by atoms with Crippen LogP contribution >= 0.6 is 0 Å². The molecule has 134 valence electrons. The van der Waals surface area contributed by atoms with Crippen LogP contribution < -0.4 is 50.0 Å². The molecule has 2 N–H and O–H groups in total. The van der Waals surface area contributed by atoms with E-state index in [-0.39, 0.29) is 61.6 Å². The Morgan fingerprint density at radius 1 is 1.04 bits per heavy atom. The predicted molar refractivity (Wildman–Crippen MR) is 80.4 cm³/mol. The Balaban J connectivity index is 1.52. The van der Waals surface area contributed by atoms with Crippen molar-refractivity contribution in [3.05, 3.63) is 0 Å². The molecule has 0 spiro atoms. The van der Waals surface area contributed by atoms with E-state index in [9.17, 15) is 4.79 Å².